The molecule has 2 saturated heterocycles. The summed E-state index contributed by atoms with van der Waals surface area (Å²) in [7, 11) is 0. The first-order chi connectivity index (χ1) is 18.8. The Hall–Kier alpha value is -3.35. The fourth-order valence-corrected chi connectivity index (χ4v) is 5.91. The number of nitrogens with zero attached hydrogens (tertiary/aromatic N) is 5. The van der Waals surface area contributed by atoms with Crippen molar-refractivity contribution < 1.29 is 37.1 Å². The number of benzene rings is 1. The predicted molar refractivity (Wildman–Crippen MR) is 133 cm³/mol. The lowest BCUT2D eigenvalue weighted by atomic mass is 9.84. The Balaban J connectivity index is 1.43. The third-order valence-corrected chi connectivity index (χ3v) is 7.92. The van der Waals surface area contributed by atoms with E-state index in [2.05, 4.69) is 10.1 Å². The fourth-order valence-electron chi connectivity index (χ4n) is 5.91. The van der Waals surface area contributed by atoms with Crippen LogP contribution in [0.2, 0.25) is 0 Å². The lowest BCUT2D eigenvalue weighted by Crippen LogP contribution is -2.56. The number of morpholine rings is 1. The molecule has 0 bridgehead atoms. The van der Waals surface area contributed by atoms with Gasteiger partial charge >= 0.3 is 12.2 Å². The van der Waals surface area contributed by atoms with Gasteiger partial charge in [0.05, 0.1) is 18.8 Å². The van der Waals surface area contributed by atoms with Crippen LogP contribution in [-0.4, -0.2) is 81.9 Å². The van der Waals surface area contributed by atoms with Crippen LogP contribution in [0.15, 0.2) is 28.8 Å². The summed E-state index contributed by atoms with van der Waals surface area (Å²) in [5.74, 6) is -0.114. The summed E-state index contributed by atoms with van der Waals surface area (Å²) in [4.78, 5) is 34.8. The number of carboxylic acid groups (broad SMARTS) is 1. The monoisotopic (exact) mass is 564 g/mol. The first-order valence-corrected chi connectivity index (χ1v) is 13.4. The molecule has 0 spiro atoms. The van der Waals surface area contributed by atoms with Gasteiger partial charge in [-0.25, -0.2) is 4.79 Å². The normalized spacial score (nSPS) is 23.1. The van der Waals surface area contributed by atoms with Crippen molar-refractivity contribution in [1.82, 2.24) is 24.8 Å². The van der Waals surface area contributed by atoms with Crippen molar-refractivity contribution in [3.05, 3.63) is 47.1 Å². The number of carbonyl (C=O) groups is 2. The van der Waals surface area contributed by atoms with Crippen molar-refractivity contribution >= 4 is 12.1 Å². The summed E-state index contributed by atoms with van der Waals surface area (Å²) in [5.41, 5.74) is -1.79. The first-order valence-electron chi connectivity index (χ1n) is 13.4. The van der Waals surface area contributed by atoms with E-state index < -0.39 is 28.9 Å². The Kier molecular flexibility index (Phi) is 7.22. The highest BCUT2D eigenvalue weighted by molar-refractivity contribution is 5.75. The number of ether oxygens (including phenoxy) is 1. The van der Waals surface area contributed by atoms with Crippen LogP contribution < -0.4 is 5.11 Å². The maximum atomic E-state index is 13.4. The maximum absolute atomic E-state index is 13.4. The van der Waals surface area contributed by atoms with Gasteiger partial charge in [0.2, 0.25) is 0 Å². The minimum atomic E-state index is -4.45. The number of hydrogen-bond donors (Lipinski definition) is 0. The summed E-state index contributed by atoms with van der Waals surface area (Å²) in [6.45, 7) is 7.70. The van der Waals surface area contributed by atoms with E-state index in [1.807, 2.05) is 0 Å². The summed E-state index contributed by atoms with van der Waals surface area (Å²) >= 11 is 0. The number of rotatable bonds is 4. The highest BCUT2D eigenvalue weighted by atomic mass is 19.4. The largest absolute Gasteiger partial charge is 0.530 e. The van der Waals surface area contributed by atoms with Gasteiger partial charge in [-0.2, -0.15) is 18.2 Å². The zero-order valence-corrected chi connectivity index (χ0v) is 22.7. The average Bonchev–Trinajstić information content (AvgIpc) is 3.51. The second kappa shape index (κ2) is 10.2. The molecule has 3 amide bonds. The lowest BCUT2D eigenvalue weighted by Gasteiger charge is -2.42. The molecule has 1 aromatic heterocycles. The minimum Gasteiger partial charge on any atom is -0.530 e. The molecule has 0 N–H and O–H groups in total. The number of likely N-dealkylation sites (tertiary alicyclic amines) is 1. The molecule has 13 heteroatoms. The Morgan fingerprint density at radius 1 is 1.02 bits per heavy atom. The van der Waals surface area contributed by atoms with Crippen LogP contribution in [-0.2, 0) is 16.5 Å². The third kappa shape index (κ3) is 5.48. The molecule has 3 fully saturated rings. The molecular weight excluding hydrogens is 531 g/mol. The Labute approximate surface area is 230 Å². The molecule has 2 atom stereocenters. The second-order valence-corrected chi connectivity index (χ2v) is 11.8. The number of amides is 3. The van der Waals surface area contributed by atoms with Crippen molar-refractivity contribution in [2.45, 2.75) is 69.1 Å². The van der Waals surface area contributed by atoms with Crippen LogP contribution in [0.25, 0.3) is 0 Å². The molecule has 2 aliphatic heterocycles. The van der Waals surface area contributed by atoms with Crippen LogP contribution >= 0.6 is 0 Å². The van der Waals surface area contributed by atoms with E-state index in [4.69, 9.17) is 9.26 Å². The Morgan fingerprint density at radius 3 is 2.20 bits per heavy atom. The van der Waals surface area contributed by atoms with Gasteiger partial charge in [0, 0.05) is 43.6 Å². The van der Waals surface area contributed by atoms with Crippen molar-refractivity contribution in [3.63, 3.8) is 0 Å². The van der Waals surface area contributed by atoms with Gasteiger partial charge in [-0.1, -0.05) is 17.3 Å². The van der Waals surface area contributed by atoms with E-state index in [-0.39, 0.29) is 23.8 Å². The summed E-state index contributed by atoms with van der Waals surface area (Å²) in [6.07, 6.45) is -4.26. The highest BCUT2D eigenvalue weighted by Crippen LogP contribution is 2.53. The standard InChI is InChI=1S/C27H34F3N5O5/c1-25(2,3)35(24(37)38)26(8-9-26)22-31-21(32-40-22)19-14-18(17-4-6-20(7-5-17)27(28,29)30)15-34(16-19)23(36)33-10-12-39-13-11-33/h4-7,18-19H,8-16H2,1-3H3,(H,37,38)/p-1. The average molecular weight is 565 g/mol. The molecule has 2 aromatic rings. The van der Waals surface area contributed by atoms with Crippen LogP contribution in [0.1, 0.15) is 74.7 Å². The van der Waals surface area contributed by atoms with E-state index in [1.54, 1.807) is 30.6 Å². The van der Waals surface area contributed by atoms with Crippen molar-refractivity contribution in [1.29, 1.82) is 0 Å². The van der Waals surface area contributed by atoms with Gasteiger partial charge in [-0.15, -0.1) is 0 Å². The molecule has 3 aliphatic rings. The molecule has 10 nitrogen and oxygen atoms in total. The Bertz CT molecular complexity index is 1230. The molecule has 218 valence electrons. The quantitative estimate of drug-likeness (QED) is 0.558. The molecule has 5 rings (SSSR count). The van der Waals surface area contributed by atoms with Gasteiger partial charge in [0.25, 0.3) is 5.89 Å². The number of carbonyl (C=O) groups excluding carboxylic acids is 2. The zero-order valence-electron chi connectivity index (χ0n) is 22.7. The van der Waals surface area contributed by atoms with Crippen LogP contribution in [0.3, 0.4) is 0 Å². The Morgan fingerprint density at radius 2 is 1.65 bits per heavy atom. The number of alkyl halides is 3. The minimum absolute atomic E-state index is 0.178. The van der Waals surface area contributed by atoms with Gasteiger partial charge in [-0.3, -0.25) is 0 Å². The van der Waals surface area contributed by atoms with Gasteiger partial charge in [0.15, 0.2) is 5.82 Å². The molecule has 1 saturated carbocycles. The second-order valence-electron chi connectivity index (χ2n) is 11.8. The van der Waals surface area contributed by atoms with Crippen molar-refractivity contribution in [3.8, 4) is 0 Å². The van der Waals surface area contributed by atoms with Crippen LogP contribution in [0.4, 0.5) is 22.8 Å². The number of piperidine rings is 1. The molecule has 0 radical (unpaired) electrons. The number of halogens is 3. The first kappa shape index (κ1) is 28.2. The van der Waals surface area contributed by atoms with E-state index >= 15 is 0 Å². The topological polar surface area (TPSA) is 115 Å². The third-order valence-electron chi connectivity index (χ3n) is 7.92. The molecule has 1 aromatic carbocycles. The number of hydrogen-bond acceptors (Lipinski definition) is 7. The number of aromatic nitrogens is 2. The molecule has 40 heavy (non-hydrogen) atoms. The fraction of sp³-hybridized carbons (Fsp3) is 0.630. The molecule has 1 aliphatic carbocycles. The summed E-state index contributed by atoms with van der Waals surface area (Å²) in [6, 6.07) is 4.84. The smallest absolute Gasteiger partial charge is 0.416 e. The van der Waals surface area contributed by atoms with Gasteiger partial charge in [-0.05, 0) is 57.7 Å². The van der Waals surface area contributed by atoms with Crippen LogP contribution in [0.5, 0.6) is 0 Å². The van der Waals surface area contributed by atoms with E-state index in [1.165, 1.54) is 17.0 Å². The lowest BCUT2D eigenvalue weighted by molar-refractivity contribution is -0.276. The molecular formula is C27H33F3N5O5-. The summed E-state index contributed by atoms with van der Waals surface area (Å²) < 4.78 is 50.5. The predicted octanol–water partition coefficient (Wildman–Crippen LogP) is 3.55. The SMILES string of the molecule is CC(C)(C)N(C(=O)[O-])C1(c2nc(C3CC(c4ccc(C(F)(F)F)cc4)CN(C(=O)N4CCOCC4)C3)no2)CC1. The van der Waals surface area contributed by atoms with Crippen molar-refractivity contribution in [2.75, 3.05) is 39.4 Å². The van der Waals surface area contributed by atoms with E-state index in [0.29, 0.717) is 70.0 Å². The van der Waals surface area contributed by atoms with Crippen LogP contribution in [0, 0.1) is 0 Å². The molecule has 3 heterocycles. The van der Waals surface area contributed by atoms with E-state index in [9.17, 15) is 27.9 Å². The number of urea groups is 1. The van der Waals surface area contributed by atoms with Crippen molar-refractivity contribution in [2.24, 2.45) is 0 Å². The summed E-state index contributed by atoms with van der Waals surface area (Å²) in [5, 5.41) is 16.3. The van der Waals surface area contributed by atoms with Gasteiger partial charge in [0.1, 0.15) is 11.6 Å². The zero-order chi connectivity index (χ0) is 28.9. The van der Waals surface area contributed by atoms with Gasteiger partial charge < -0.3 is 33.9 Å². The highest BCUT2D eigenvalue weighted by Gasteiger charge is 2.57. The maximum Gasteiger partial charge on any atom is 0.416 e. The van der Waals surface area contributed by atoms with E-state index in [0.717, 1.165) is 12.1 Å². The molecule has 2 unspecified atom stereocenters.